The van der Waals surface area contributed by atoms with Crippen LogP contribution in [-0.2, 0) is 0 Å². The molecule has 0 atom stereocenters. The lowest BCUT2D eigenvalue weighted by atomic mass is 10.2. The summed E-state index contributed by atoms with van der Waals surface area (Å²) in [4.78, 5) is 29.7. The summed E-state index contributed by atoms with van der Waals surface area (Å²) >= 11 is 0. The highest BCUT2D eigenvalue weighted by Crippen LogP contribution is 2.39. The van der Waals surface area contributed by atoms with Crippen molar-refractivity contribution in [3.63, 3.8) is 0 Å². The van der Waals surface area contributed by atoms with Gasteiger partial charge in [-0.2, -0.15) is 9.97 Å². The topological polar surface area (TPSA) is 73.8 Å². The first kappa shape index (κ1) is 20.1. The number of ether oxygens (including phenoxy) is 1. The van der Waals surface area contributed by atoms with Gasteiger partial charge in [0.1, 0.15) is 0 Å². The molecule has 3 fully saturated rings. The van der Waals surface area contributed by atoms with Gasteiger partial charge >= 0.3 is 5.97 Å². The standard InChI is InChI=1S/C23H30N6O2/c30-22(18-8-2-1-3-9-18)31-19-20(27-12-4-5-13-27)25-23(29-14-6-7-15-29)26-21(19)28-16-10-24-11-17-28/h1-3,8-9,24H,4-7,10-17H2. The van der Waals surface area contributed by atoms with Crippen molar-refractivity contribution in [2.24, 2.45) is 0 Å². The molecule has 2 aromatic rings. The van der Waals surface area contributed by atoms with Crippen molar-refractivity contribution in [3.05, 3.63) is 35.9 Å². The van der Waals surface area contributed by atoms with E-state index in [2.05, 4.69) is 20.0 Å². The molecule has 5 rings (SSSR count). The number of rotatable bonds is 5. The number of nitrogens with one attached hydrogen (secondary N) is 1. The van der Waals surface area contributed by atoms with Crippen molar-refractivity contribution in [2.75, 3.05) is 67.1 Å². The van der Waals surface area contributed by atoms with Crippen LogP contribution in [0.3, 0.4) is 0 Å². The molecule has 0 radical (unpaired) electrons. The molecule has 8 heteroatoms. The van der Waals surface area contributed by atoms with Gasteiger partial charge in [-0.1, -0.05) is 18.2 Å². The summed E-state index contributed by atoms with van der Waals surface area (Å²) in [6.07, 6.45) is 4.57. The Bertz CT molecular complexity index is 904. The molecule has 31 heavy (non-hydrogen) atoms. The van der Waals surface area contributed by atoms with E-state index in [4.69, 9.17) is 14.7 Å². The van der Waals surface area contributed by atoms with Crippen molar-refractivity contribution < 1.29 is 9.53 Å². The Kier molecular flexibility index (Phi) is 5.88. The quantitative estimate of drug-likeness (QED) is 0.736. The monoisotopic (exact) mass is 422 g/mol. The highest BCUT2D eigenvalue weighted by molar-refractivity contribution is 5.92. The average Bonchev–Trinajstić information content (AvgIpc) is 3.55. The Balaban J connectivity index is 1.58. The number of nitrogens with zero attached hydrogens (tertiary/aromatic N) is 5. The predicted molar refractivity (Wildman–Crippen MR) is 121 cm³/mol. The maximum Gasteiger partial charge on any atom is 0.343 e. The zero-order valence-electron chi connectivity index (χ0n) is 17.9. The normalized spacial score (nSPS) is 19.2. The second-order valence-electron chi connectivity index (χ2n) is 8.38. The molecule has 0 aliphatic carbocycles. The first-order valence-corrected chi connectivity index (χ1v) is 11.4. The second-order valence-corrected chi connectivity index (χ2v) is 8.38. The van der Waals surface area contributed by atoms with Crippen molar-refractivity contribution in [1.29, 1.82) is 0 Å². The molecule has 1 aromatic heterocycles. The summed E-state index contributed by atoms with van der Waals surface area (Å²) in [5.74, 6) is 2.39. The van der Waals surface area contributed by atoms with Crippen LogP contribution < -0.4 is 24.8 Å². The molecule has 164 valence electrons. The average molecular weight is 423 g/mol. The van der Waals surface area contributed by atoms with Crippen LogP contribution in [0.15, 0.2) is 30.3 Å². The van der Waals surface area contributed by atoms with E-state index in [-0.39, 0.29) is 5.97 Å². The predicted octanol–water partition coefficient (Wildman–Crippen LogP) is 2.31. The van der Waals surface area contributed by atoms with Gasteiger partial charge in [-0.05, 0) is 37.8 Å². The Morgan fingerprint density at radius 2 is 1.32 bits per heavy atom. The highest BCUT2D eigenvalue weighted by Gasteiger charge is 2.30. The molecule has 0 spiro atoms. The molecule has 3 saturated heterocycles. The summed E-state index contributed by atoms with van der Waals surface area (Å²) in [5.41, 5.74) is 0.532. The van der Waals surface area contributed by atoms with Gasteiger partial charge in [-0.15, -0.1) is 0 Å². The summed E-state index contributed by atoms with van der Waals surface area (Å²) < 4.78 is 6.06. The fourth-order valence-corrected chi connectivity index (χ4v) is 4.53. The van der Waals surface area contributed by atoms with E-state index in [1.807, 2.05) is 18.2 Å². The third kappa shape index (κ3) is 4.30. The minimum absolute atomic E-state index is 0.366. The van der Waals surface area contributed by atoms with Crippen LogP contribution in [0.2, 0.25) is 0 Å². The van der Waals surface area contributed by atoms with Crippen molar-refractivity contribution >= 4 is 23.6 Å². The van der Waals surface area contributed by atoms with Crippen molar-refractivity contribution in [1.82, 2.24) is 15.3 Å². The van der Waals surface area contributed by atoms with E-state index in [1.165, 1.54) is 0 Å². The van der Waals surface area contributed by atoms with Gasteiger partial charge in [0.15, 0.2) is 11.6 Å². The highest BCUT2D eigenvalue weighted by atomic mass is 16.5. The van der Waals surface area contributed by atoms with Gasteiger partial charge in [0.05, 0.1) is 5.56 Å². The molecule has 1 aromatic carbocycles. The second kappa shape index (κ2) is 9.09. The number of aromatic nitrogens is 2. The van der Waals surface area contributed by atoms with Gasteiger partial charge in [0.25, 0.3) is 0 Å². The van der Waals surface area contributed by atoms with E-state index in [0.29, 0.717) is 11.3 Å². The Morgan fingerprint density at radius 3 is 1.94 bits per heavy atom. The smallest absolute Gasteiger partial charge is 0.343 e. The molecule has 0 saturated carbocycles. The number of esters is 1. The summed E-state index contributed by atoms with van der Waals surface area (Å²) in [6.45, 7) is 7.22. The van der Waals surface area contributed by atoms with Gasteiger partial charge in [-0.25, -0.2) is 4.79 Å². The van der Waals surface area contributed by atoms with Gasteiger partial charge < -0.3 is 24.8 Å². The van der Waals surface area contributed by atoms with E-state index < -0.39 is 0 Å². The van der Waals surface area contributed by atoms with Crippen LogP contribution in [0, 0.1) is 0 Å². The molecule has 3 aliphatic heterocycles. The van der Waals surface area contributed by atoms with Crippen LogP contribution in [-0.4, -0.2) is 68.3 Å². The maximum atomic E-state index is 13.0. The SMILES string of the molecule is O=C(Oc1c(N2CCCC2)nc(N2CCCC2)nc1N1CCNCC1)c1ccccc1. The Hall–Kier alpha value is -2.87. The lowest BCUT2D eigenvalue weighted by molar-refractivity contribution is 0.0734. The molecular formula is C23H30N6O2. The Morgan fingerprint density at radius 1 is 0.774 bits per heavy atom. The number of carbonyl (C=O) groups excluding carboxylic acids is 1. The lowest BCUT2D eigenvalue weighted by Crippen LogP contribution is -2.44. The fraction of sp³-hybridized carbons (Fsp3) is 0.522. The largest absolute Gasteiger partial charge is 0.415 e. The zero-order chi connectivity index (χ0) is 21.0. The minimum atomic E-state index is -0.366. The molecule has 4 heterocycles. The fourth-order valence-electron chi connectivity index (χ4n) is 4.53. The number of hydrogen-bond acceptors (Lipinski definition) is 8. The minimum Gasteiger partial charge on any atom is -0.415 e. The number of piperazine rings is 1. The third-order valence-electron chi connectivity index (χ3n) is 6.23. The molecule has 3 aliphatic rings. The lowest BCUT2D eigenvalue weighted by Gasteiger charge is -2.32. The zero-order valence-corrected chi connectivity index (χ0v) is 17.9. The van der Waals surface area contributed by atoms with Gasteiger partial charge in [0, 0.05) is 52.4 Å². The van der Waals surface area contributed by atoms with E-state index in [0.717, 1.165) is 95.6 Å². The van der Waals surface area contributed by atoms with Crippen molar-refractivity contribution in [2.45, 2.75) is 25.7 Å². The number of hydrogen-bond donors (Lipinski definition) is 1. The van der Waals surface area contributed by atoms with E-state index in [9.17, 15) is 4.79 Å². The van der Waals surface area contributed by atoms with E-state index >= 15 is 0 Å². The summed E-state index contributed by atoms with van der Waals surface area (Å²) in [7, 11) is 0. The van der Waals surface area contributed by atoms with Gasteiger partial charge in [0.2, 0.25) is 11.7 Å². The van der Waals surface area contributed by atoms with Crippen LogP contribution in [0.4, 0.5) is 17.6 Å². The maximum absolute atomic E-state index is 13.0. The summed E-state index contributed by atoms with van der Waals surface area (Å²) in [6, 6.07) is 9.15. The molecule has 0 bridgehead atoms. The molecule has 0 amide bonds. The molecule has 8 nitrogen and oxygen atoms in total. The molecular weight excluding hydrogens is 392 g/mol. The number of carbonyl (C=O) groups is 1. The first-order chi connectivity index (χ1) is 15.3. The first-order valence-electron chi connectivity index (χ1n) is 11.4. The number of anilines is 3. The van der Waals surface area contributed by atoms with Crippen LogP contribution in [0.1, 0.15) is 36.0 Å². The molecule has 0 unspecified atom stereocenters. The number of benzene rings is 1. The Labute approximate surface area is 183 Å². The van der Waals surface area contributed by atoms with Gasteiger partial charge in [-0.3, -0.25) is 0 Å². The summed E-state index contributed by atoms with van der Waals surface area (Å²) in [5, 5.41) is 3.40. The van der Waals surface area contributed by atoms with Crippen molar-refractivity contribution in [3.8, 4) is 5.75 Å². The molecule has 1 N–H and O–H groups in total. The van der Waals surface area contributed by atoms with Crippen LogP contribution >= 0.6 is 0 Å². The van der Waals surface area contributed by atoms with E-state index in [1.54, 1.807) is 12.1 Å². The third-order valence-corrected chi connectivity index (χ3v) is 6.23. The van der Waals surface area contributed by atoms with Crippen LogP contribution in [0.25, 0.3) is 0 Å². The van der Waals surface area contributed by atoms with Crippen LogP contribution in [0.5, 0.6) is 5.75 Å².